The Balaban J connectivity index is 2.37. The molecule has 4 heteroatoms. The average molecular weight is 405 g/mol. The van der Waals surface area contributed by atoms with Crippen LogP contribution in [-0.2, 0) is 22.4 Å². The molecular weight excluding hydrogens is 364 g/mol. The third kappa shape index (κ3) is 9.47. The molecule has 0 heterocycles. The molecule has 0 saturated carbocycles. The molecule has 0 aliphatic rings. The third-order valence-electron chi connectivity index (χ3n) is 5.89. The Morgan fingerprint density at radius 2 is 1.07 bits per heavy atom. The summed E-state index contributed by atoms with van der Waals surface area (Å²) in [5, 5.41) is 18.4. The van der Waals surface area contributed by atoms with Crippen molar-refractivity contribution in [2.75, 3.05) is 0 Å². The highest BCUT2D eigenvalue weighted by Crippen LogP contribution is 2.25. The van der Waals surface area contributed by atoms with E-state index in [9.17, 15) is 19.8 Å². The maximum atomic E-state index is 11.2. The molecule has 1 aromatic carbocycles. The van der Waals surface area contributed by atoms with E-state index in [-0.39, 0.29) is 0 Å². The van der Waals surface area contributed by atoms with E-state index in [0.29, 0.717) is 0 Å². The molecule has 4 nitrogen and oxygen atoms in total. The van der Waals surface area contributed by atoms with Crippen LogP contribution >= 0.6 is 0 Å². The number of unbranched alkanes of at least 4 members (excludes halogenated alkanes) is 4. The first-order valence-corrected chi connectivity index (χ1v) is 11.0. The molecule has 0 amide bonds. The summed E-state index contributed by atoms with van der Waals surface area (Å²) in [6.45, 7) is 9.32. The van der Waals surface area contributed by atoms with E-state index in [1.807, 2.05) is 0 Å². The third-order valence-corrected chi connectivity index (χ3v) is 5.89. The van der Waals surface area contributed by atoms with E-state index in [2.05, 4.69) is 25.1 Å². The van der Waals surface area contributed by atoms with E-state index >= 15 is 0 Å². The standard InChI is InChI=1S/C25H40O4/c1-19-16-20(12-8-6-10-14-24(2,3)22(26)27)18-21(17-19)13-9-7-11-15-25(4,5)23(28)29/h16-18H,6-15H2,1-5H3,(H,26,27)(H,28,29). The van der Waals surface area contributed by atoms with Gasteiger partial charge in [-0.15, -0.1) is 0 Å². The van der Waals surface area contributed by atoms with Crippen molar-refractivity contribution < 1.29 is 19.8 Å². The topological polar surface area (TPSA) is 74.6 Å². The summed E-state index contributed by atoms with van der Waals surface area (Å²) < 4.78 is 0. The molecule has 0 unspecified atom stereocenters. The van der Waals surface area contributed by atoms with Gasteiger partial charge in [0.15, 0.2) is 0 Å². The summed E-state index contributed by atoms with van der Waals surface area (Å²) in [5.74, 6) is -1.43. The minimum absolute atomic E-state index is 0.629. The largest absolute Gasteiger partial charge is 0.481 e. The lowest BCUT2D eigenvalue weighted by Crippen LogP contribution is -2.23. The van der Waals surface area contributed by atoms with E-state index in [0.717, 1.165) is 64.2 Å². The van der Waals surface area contributed by atoms with Crippen LogP contribution in [0.25, 0.3) is 0 Å². The van der Waals surface area contributed by atoms with E-state index in [1.165, 1.54) is 16.7 Å². The zero-order chi connectivity index (χ0) is 22.1. The Morgan fingerprint density at radius 1 is 0.690 bits per heavy atom. The summed E-state index contributed by atoms with van der Waals surface area (Å²) >= 11 is 0. The molecule has 0 atom stereocenters. The highest BCUT2D eigenvalue weighted by atomic mass is 16.4. The first-order chi connectivity index (χ1) is 13.4. The molecule has 0 bridgehead atoms. The first kappa shape index (κ1) is 25.2. The average Bonchev–Trinajstić information content (AvgIpc) is 2.60. The van der Waals surface area contributed by atoms with E-state index in [4.69, 9.17) is 0 Å². The maximum absolute atomic E-state index is 11.2. The fraction of sp³-hybridized carbons (Fsp3) is 0.680. The van der Waals surface area contributed by atoms with Crippen LogP contribution in [0.1, 0.15) is 95.8 Å². The Labute approximate surface area is 176 Å². The lowest BCUT2D eigenvalue weighted by molar-refractivity contribution is -0.148. The van der Waals surface area contributed by atoms with Gasteiger partial charge in [-0.05, 0) is 84.3 Å². The van der Waals surface area contributed by atoms with Gasteiger partial charge in [-0.1, -0.05) is 49.4 Å². The van der Waals surface area contributed by atoms with Gasteiger partial charge in [0.2, 0.25) is 0 Å². The molecule has 29 heavy (non-hydrogen) atoms. The minimum Gasteiger partial charge on any atom is -0.481 e. The van der Waals surface area contributed by atoms with E-state index in [1.54, 1.807) is 27.7 Å². The van der Waals surface area contributed by atoms with Crippen molar-refractivity contribution in [2.45, 2.75) is 98.8 Å². The number of carboxylic acid groups (broad SMARTS) is 2. The maximum Gasteiger partial charge on any atom is 0.309 e. The number of rotatable bonds is 14. The quantitative estimate of drug-likeness (QED) is 0.351. The van der Waals surface area contributed by atoms with Crippen LogP contribution in [-0.4, -0.2) is 22.2 Å². The molecule has 1 rings (SSSR count). The normalized spacial score (nSPS) is 12.2. The predicted molar refractivity (Wildman–Crippen MR) is 118 cm³/mol. The Hall–Kier alpha value is -1.84. The van der Waals surface area contributed by atoms with Gasteiger partial charge in [0, 0.05) is 0 Å². The zero-order valence-corrected chi connectivity index (χ0v) is 19.0. The fourth-order valence-electron chi connectivity index (χ4n) is 3.60. The fourth-order valence-corrected chi connectivity index (χ4v) is 3.60. The van der Waals surface area contributed by atoms with Crippen molar-refractivity contribution >= 4 is 11.9 Å². The summed E-state index contributed by atoms with van der Waals surface area (Å²) in [6.07, 6.45) is 9.70. The summed E-state index contributed by atoms with van der Waals surface area (Å²) in [4.78, 5) is 22.3. The van der Waals surface area contributed by atoms with Gasteiger partial charge < -0.3 is 10.2 Å². The van der Waals surface area contributed by atoms with Crippen LogP contribution in [0, 0.1) is 17.8 Å². The number of carboxylic acids is 2. The van der Waals surface area contributed by atoms with Crippen LogP contribution in [0.5, 0.6) is 0 Å². The van der Waals surface area contributed by atoms with Crippen LogP contribution in [0.3, 0.4) is 0 Å². The lowest BCUT2D eigenvalue weighted by Gasteiger charge is -2.18. The van der Waals surface area contributed by atoms with Gasteiger partial charge in [-0.3, -0.25) is 9.59 Å². The van der Waals surface area contributed by atoms with Gasteiger partial charge in [-0.2, -0.15) is 0 Å². The number of hydrogen-bond donors (Lipinski definition) is 2. The van der Waals surface area contributed by atoms with Crippen molar-refractivity contribution in [1.29, 1.82) is 0 Å². The molecule has 0 aliphatic heterocycles. The molecule has 0 aromatic heterocycles. The van der Waals surface area contributed by atoms with Crippen molar-refractivity contribution in [1.82, 2.24) is 0 Å². The lowest BCUT2D eigenvalue weighted by atomic mass is 9.86. The van der Waals surface area contributed by atoms with Crippen LogP contribution in [0.2, 0.25) is 0 Å². The number of aliphatic carboxylic acids is 2. The predicted octanol–water partition coefficient (Wildman–Crippen LogP) is 6.42. The van der Waals surface area contributed by atoms with Gasteiger partial charge >= 0.3 is 11.9 Å². The molecule has 2 N–H and O–H groups in total. The number of aryl methyl sites for hydroxylation is 3. The minimum atomic E-state index is -0.715. The van der Waals surface area contributed by atoms with Gasteiger partial charge in [0.1, 0.15) is 0 Å². The van der Waals surface area contributed by atoms with Crippen LogP contribution in [0.4, 0.5) is 0 Å². The smallest absolute Gasteiger partial charge is 0.309 e. The number of benzene rings is 1. The SMILES string of the molecule is Cc1cc(CCCCCC(C)(C)C(=O)O)cc(CCCCCC(C)(C)C(=O)O)c1. The van der Waals surface area contributed by atoms with Gasteiger partial charge in [0.25, 0.3) is 0 Å². The Kier molecular flexibility index (Phi) is 9.88. The van der Waals surface area contributed by atoms with Crippen molar-refractivity contribution in [3.63, 3.8) is 0 Å². The number of hydrogen-bond acceptors (Lipinski definition) is 2. The van der Waals surface area contributed by atoms with Crippen molar-refractivity contribution in [3.8, 4) is 0 Å². The highest BCUT2D eigenvalue weighted by Gasteiger charge is 2.26. The molecule has 0 fully saturated rings. The molecule has 0 spiro atoms. The van der Waals surface area contributed by atoms with E-state index < -0.39 is 22.8 Å². The summed E-state index contributed by atoms with van der Waals surface area (Å²) in [7, 11) is 0. The second-order valence-corrected chi connectivity index (χ2v) is 9.83. The Morgan fingerprint density at radius 3 is 1.41 bits per heavy atom. The second kappa shape index (κ2) is 11.4. The molecule has 1 aromatic rings. The molecule has 0 aliphatic carbocycles. The number of carbonyl (C=O) groups is 2. The van der Waals surface area contributed by atoms with Gasteiger partial charge in [0.05, 0.1) is 10.8 Å². The van der Waals surface area contributed by atoms with Gasteiger partial charge in [-0.25, -0.2) is 0 Å². The molecule has 164 valence electrons. The van der Waals surface area contributed by atoms with Crippen molar-refractivity contribution in [2.24, 2.45) is 10.8 Å². The van der Waals surface area contributed by atoms with Crippen LogP contribution < -0.4 is 0 Å². The Bertz CT molecular complexity index is 619. The molecular formula is C25H40O4. The van der Waals surface area contributed by atoms with Crippen molar-refractivity contribution in [3.05, 3.63) is 34.9 Å². The first-order valence-electron chi connectivity index (χ1n) is 11.0. The second-order valence-electron chi connectivity index (χ2n) is 9.83. The monoisotopic (exact) mass is 404 g/mol. The molecule has 0 radical (unpaired) electrons. The zero-order valence-electron chi connectivity index (χ0n) is 19.0. The summed E-state index contributed by atoms with van der Waals surface area (Å²) in [5.41, 5.74) is 2.76. The summed E-state index contributed by atoms with van der Waals surface area (Å²) in [6, 6.07) is 6.80. The highest BCUT2D eigenvalue weighted by molar-refractivity contribution is 5.73. The van der Waals surface area contributed by atoms with Crippen LogP contribution in [0.15, 0.2) is 18.2 Å². The molecule has 0 saturated heterocycles.